The van der Waals surface area contributed by atoms with Gasteiger partial charge in [-0.2, -0.15) is 0 Å². The lowest BCUT2D eigenvalue weighted by Gasteiger charge is -2.33. The molecule has 1 aromatic heterocycles. The summed E-state index contributed by atoms with van der Waals surface area (Å²) >= 11 is 0. The standard InChI is InChI=1S/C34H41FN4O4/c1-2-3-24-43-29-21-19-28(20-22-29)39(32(41)14-9-13-31(40)38-30-12-7-8-23-36-30)33(25-15-17-26(35)18-16-25)34(42)37-27-10-5-4-6-11-27/h7-8,12,15-23,27,33H,2-6,9-11,13-14,24H2,1H3,(H,37,42)(H,36,38,40). The zero-order valence-corrected chi connectivity index (χ0v) is 24.8. The molecule has 228 valence electrons. The molecule has 4 rings (SSSR count). The van der Waals surface area contributed by atoms with Crippen LogP contribution in [-0.2, 0) is 14.4 Å². The lowest BCUT2D eigenvalue weighted by molar-refractivity contribution is -0.127. The van der Waals surface area contributed by atoms with E-state index in [1.807, 2.05) is 0 Å². The largest absolute Gasteiger partial charge is 0.494 e. The van der Waals surface area contributed by atoms with Crippen LogP contribution in [0.15, 0.2) is 72.9 Å². The molecule has 8 nitrogen and oxygen atoms in total. The van der Waals surface area contributed by atoms with E-state index < -0.39 is 11.9 Å². The van der Waals surface area contributed by atoms with E-state index in [2.05, 4.69) is 22.5 Å². The quantitative estimate of drug-likeness (QED) is 0.203. The topological polar surface area (TPSA) is 101 Å². The van der Waals surface area contributed by atoms with Crippen molar-refractivity contribution in [1.82, 2.24) is 10.3 Å². The van der Waals surface area contributed by atoms with Crippen LogP contribution in [0.4, 0.5) is 15.9 Å². The van der Waals surface area contributed by atoms with E-state index in [1.165, 1.54) is 17.0 Å². The van der Waals surface area contributed by atoms with Crippen LogP contribution < -0.4 is 20.3 Å². The molecule has 0 spiro atoms. The third kappa shape index (κ3) is 9.63. The lowest BCUT2D eigenvalue weighted by atomic mass is 9.94. The predicted octanol–water partition coefficient (Wildman–Crippen LogP) is 6.73. The van der Waals surface area contributed by atoms with E-state index in [9.17, 15) is 18.8 Å². The molecule has 1 heterocycles. The van der Waals surface area contributed by atoms with Crippen LogP contribution in [0, 0.1) is 5.82 Å². The Hall–Kier alpha value is -4.27. The second kappa shape index (κ2) is 16.4. The Morgan fingerprint density at radius 1 is 0.953 bits per heavy atom. The van der Waals surface area contributed by atoms with E-state index in [-0.39, 0.29) is 43.0 Å². The summed E-state index contributed by atoms with van der Waals surface area (Å²) in [5, 5.41) is 5.89. The first-order chi connectivity index (χ1) is 20.9. The third-order valence-corrected chi connectivity index (χ3v) is 7.52. The minimum absolute atomic E-state index is 0.0192. The maximum Gasteiger partial charge on any atom is 0.248 e. The van der Waals surface area contributed by atoms with Gasteiger partial charge in [0, 0.05) is 30.8 Å². The first-order valence-electron chi connectivity index (χ1n) is 15.3. The summed E-state index contributed by atoms with van der Waals surface area (Å²) in [6.07, 6.45) is 8.90. The van der Waals surface area contributed by atoms with Gasteiger partial charge in [0.15, 0.2) is 0 Å². The fourth-order valence-corrected chi connectivity index (χ4v) is 5.23. The number of ether oxygens (including phenoxy) is 1. The van der Waals surface area contributed by atoms with Gasteiger partial charge in [-0.15, -0.1) is 0 Å². The number of amides is 3. The van der Waals surface area contributed by atoms with Crippen LogP contribution in [0.1, 0.15) is 82.7 Å². The highest BCUT2D eigenvalue weighted by atomic mass is 19.1. The fraction of sp³-hybridized carbons (Fsp3) is 0.412. The van der Waals surface area contributed by atoms with Crippen LogP contribution >= 0.6 is 0 Å². The molecule has 0 bridgehead atoms. The number of anilines is 2. The first-order valence-corrected chi connectivity index (χ1v) is 15.3. The van der Waals surface area contributed by atoms with Gasteiger partial charge in [0.2, 0.25) is 17.7 Å². The van der Waals surface area contributed by atoms with Crippen LogP contribution in [0.5, 0.6) is 5.75 Å². The maximum atomic E-state index is 14.0. The normalized spacial score (nSPS) is 14.0. The number of halogens is 1. The van der Waals surface area contributed by atoms with Gasteiger partial charge in [-0.1, -0.05) is 50.8 Å². The van der Waals surface area contributed by atoms with Gasteiger partial charge in [-0.05, 0) is 79.8 Å². The Morgan fingerprint density at radius 3 is 2.37 bits per heavy atom. The van der Waals surface area contributed by atoms with Gasteiger partial charge in [0.25, 0.3) is 0 Å². The molecule has 0 radical (unpaired) electrons. The molecule has 3 aromatic rings. The molecule has 1 fully saturated rings. The molecular formula is C34H41FN4O4. The summed E-state index contributed by atoms with van der Waals surface area (Å²) < 4.78 is 19.8. The molecular weight excluding hydrogens is 547 g/mol. The van der Waals surface area contributed by atoms with Gasteiger partial charge in [0.05, 0.1) is 6.61 Å². The molecule has 2 aromatic carbocycles. The number of benzene rings is 2. The number of hydrogen-bond donors (Lipinski definition) is 2. The molecule has 1 aliphatic carbocycles. The van der Waals surface area contributed by atoms with E-state index in [1.54, 1.807) is 60.8 Å². The second-order valence-electron chi connectivity index (χ2n) is 10.9. The van der Waals surface area contributed by atoms with Crippen molar-refractivity contribution in [2.24, 2.45) is 0 Å². The number of nitrogens with one attached hydrogen (secondary N) is 2. The van der Waals surface area contributed by atoms with Gasteiger partial charge in [-0.25, -0.2) is 9.37 Å². The Labute approximate surface area is 253 Å². The molecule has 9 heteroatoms. The molecule has 1 aliphatic rings. The molecule has 1 unspecified atom stereocenters. The van der Waals surface area contributed by atoms with Crippen LogP contribution in [0.3, 0.4) is 0 Å². The maximum absolute atomic E-state index is 14.0. The number of pyridine rings is 1. The second-order valence-corrected chi connectivity index (χ2v) is 10.9. The van der Waals surface area contributed by atoms with E-state index in [0.717, 1.165) is 44.9 Å². The Morgan fingerprint density at radius 2 is 1.70 bits per heavy atom. The van der Waals surface area contributed by atoms with E-state index in [0.29, 0.717) is 29.4 Å². The van der Waals surface area contributed by atoms with E-state index >= 15 is 0 Å². The van der Waals surface area contributed by atoms with Crippen molar-refractivity contribution in [2.75, 3.05) is 16.8 Å². The SMILES string of the molecule is CCCCOc1ccc(N(C(=O)CCCC(=O)Nc2ccccn2)C(C(=O)NC2CCCCC2)c2ccc(F)cc2)cc1. The van der Waals surface area contributed by atoms with Crippen molar-refractivity contribution in [2.45, 2.75) is 83.2 Å². The van der Waals surface area contributed by atoms with Crippen LogP contribution in [-0.4, -0.2) is 35.4 Å². The predicted molar refractivity (Wildman–Crippen MR) is 165 cm³/mol. The fourth-order valence-electron chi connectivity index (χ4n) is 5.23. The summed E-state index contributed by atoms with van der Waals surface area (Å²) in [6.45, 7) is 2.67. The monoisotopic (exact) mass is 588 g/mol. The Kier molecular flexibility index (Phi) is 12.1. The third-order valence-electron chi connectivity index (χ3n) is 7.52. The van der Waals surface area contributed by atoms with Crippen molar-refractivity contribution in [1.29, 1.82) is 0 Å². The highest BCUT2D eigenvalue weighted by Crippen LogP contribution is 2.31. The van der Waals surface area contributed by atoms with Crippen molar-refractivity contribution >= 4 is 29.2 Å². The van der Waals surface area contributed by atoms with Gasteiger partial charge < -0.3 is 15.4 Å². The smallest absolute Gasteiger partial charge is 0.248 e. The molecule has 1 atom stereocenters. The van der Waals surface area contributed by atoms with Crippen LogP contribution in [0.25, 0.3) is 0 Å². The average Bonchev–Trinajstić information content (AvgIpc) is 3.02. The number of nitrogens with zero attached hydrogens (tertiary/aromatic N) is 2. The summed E-state index contributed by atoms with van der Waals surface area (Å²) in [5.41, 5.74) is 1.01. The minimum Gasteiger partial charge on any atom is -0.494 e. The average molecular weight is 589 g/mol. The van der Waals surface area contributed by atoms with Crippen LogP contribution in [0.2, 0.25) is 0 Å². The first kappa shape index (κ1) is 31.7. The Balaban J connectivity index is 1.58. The van der Waals surface area contributed by atoms with Crippen molar-refractivity contribution < 1.29 is 23.5 Å². The molecule has 43 heavy (non-hydrogen) atoms. The number of carbonyl (C=O) groups excluding carboxylic acids is 3. The summed E-state index contributed by atoms with van der Waals surface area (Å²) in [4.78, 5) is 46.0. The van der Waals surface area contributed by atoms with Crippen molar-refractivity contribution in [3.05, 3.63) is 84.3 Å². The van der Waals surface area contributed by atoms with Gasteiger partial charge >= 0.3 is 0 Å². The van der Waals surface area contributed by atoms with E-state index in [4.69, 9.17) is 4.74 Å². The summed E-state index contributed by atoms with van der Waals surface area (Å²) in [6, 6.07) is 17.0. The zero-order chi connectivity index (χ0) is 30.4. The highest BCUT2D eigenvalue weighted by molar-refractivity contribution is 6.01. The number of carbonyl (C=O) groups is 3. The van der Waals surface area contributed by atoms with Gasteiger partial charge in [-0.3, -0.25) is 19.3 Å². The number of rotatable bonds is 14. The molecule has 0 aliphatic heterocycles. The van der Waals surface area contributed by atoms with Gasteiger partial charge in [0.1, 0.15) is 23.4 Å². The number of hydrogen-bond acceptors (Lipinski definition) is 5. The minimum atomic E-state index is -1.02. The number of unbranched alkanes of at least 4 members (excludes halogenated alkanes) is 1. The molecule has 1 saturated carbocycles. The lowest BCUT2D eigenvalue weighted by Crippen LogP contribution is -2.47. The molecule has 3 amide bonds. The van der Waals surface area contributed by atoms with Crippen molar-refractivity contribution in [3.8, 4) is 5.75 Å². The van der Waals surface area contributed by atoms with Crippen molar-refractivity contribution in [3.63, 3.8) is 0 Å². The molecule has 2 N–H and O–H groups in total. The Bertz CT molecular complexity index is 1310. The molecule has 0 saturated heterocycles. The summed E-state index contributed by atoms with van der Waals surface area (Å²) in [5.74, 6) is -0.211. The number of aromatic nitrogens is 1. The summed E-state index contributed by atoms with van der Waals surface area (Å²) in [7, 11) is 0. The zero-order valence-electron chi connectivity index (χ0n) is 24.8. The highest BCUT2D eigenvalue weighted by Gasteiger charge is 2.34.